The molecular formula is C9H10ClO2. The molecule has 12 heavy (non-hydrogen) atoms. The van der Waals surface area contributed by atoms with Crippen LogP contribution in [0.15, 0.2) is 24.3 Å². The van der Waals surface area contributed by atoms with Gasteiger partial charge >= 0.3 is 0 Å². The molecule has 0 atom stereocenters. The van der Waals surface area contributed by atoms with Crippen LogP contribution in [0.4, 0.5) is 0 Å². The molecule has 0 aromatic heterocycles. The third-order valence-corrected chi connectivity index (χ3v) is 1.41. The highest BCUT2D eigenvalue weighted by Crippen LogP contribution is 2.26. The van der Waals surface area contributed by atoms with Crippen molar-refractivity contribution in [3.8, 4) is 11.5 Å². The number of para-hydroxylation sites is 2. The van der Waals surface area contributed by atoms with Crippen LogP contribution in [0.2, 0.25) is 0 Å². The van der Waals surface area contributed by atoms with Crippen molar-refractivity contribution in [2.75, 3.05) is 6.07 Å². The first kappa shape index (κ1) is 9.20. The highest BCUT2D eigenvalue weighted by atomic mass is 35.5. The minimum Gasteiger partial charge on any atom is -0.483 e. The van der Waals surface area contributed by atoms with Crippen molar-refractivity contribution < 1.29 is 9.47 Å². The van der Waals surface area contributed by atoms with E-state index in [4.69, 9.17) is 21.1 Å². The Morgan fingerprint density at radius 2 is 2.00 bits per heavy atom. The summed E-state index contributed by atoms with van der Waals surface area (Å²) >= 11 is 5.42. The van der Waals surface area contributed by atoms with Gasteiger partial charge in [-0.15, -0.1) is 0 Å². The molecular weight excluding hydrogens is 176 g/mol. The maximum Gasteiger partial charge on any atom is 0.163 e. The lowest BCUT2D eigenvalue weighted by atomic mass is 10.3. The maximum absolute atomic E-state index is 5.42. The molecule has 0 aliphatic rings. The Morgan fingerprint density at radius 1 is 1.33 bits per heavy atom. The second-order valence-corrected chi connectivity index (χ2v) is 2.27. The summed E-state index contributed by atoms with van der Waals surface area (Å²) in [5, 5.41) is 0. The molecule has 0 aliphatic carbocycles. The van der Waals surface area contributed by atoms with Crippen molar-refractivity contribution in [1.29, 1.82) is 0 Å². The van der Waals surface area contributed by atoms with Crippen LogP contribution in [-0.4, -0.2) is 6.07 Å². The normalized spacial score (nSPS) is 9.50. The number of halogens is 1. The zero-order chi connectivity index (χ0) is 8.81. The molecule has 0 heterocycles. The van der Waals surface area contributed by atoms with Gasteiger partial charge in [0.25, 0.3) is 0 Å². The van der Waals surface area contributed by atoms with Gasteiger partial charge in [0.2, 0.25) is 0 Å². The van der Waals surface area contributed by atoms with Gasteiger partial charge in [0.1, 0.15) is 6.61 Å². The summed E-state index contributed by atoms with van der Waals surface area (Å²) in [6.45, 7) is 3.40. The van der Waals surface area contributed by atoms with Crippen LogP contribution in [0.5, 0.6) is 11.5 Å². The zero-order valence-corrected chi connectivity index (χ0v) is 7.54. The van der Waals surface area contributed by atoms with E-state index in [1.54, 1.807) is 19.6 Å². The van der Waals surface area contributed by atoms with Gasteiger partial charge in [-0.25, -0.2) is 0 Å². The Kier molecular flexibility index (Phi) is 3.74. The summed E-state index contributed by atoms with van der Waals surface area (Å²) in [6, 6.07) is 7.50. The molecule has 0 saturated carbocycles. The van der Waals surface area contributed by atoms with Crippen LogP contribution in [0, 0.1) is 6.61 Å². The smallest absolute Gasteiger partial charge is 0.163 e. The Balaban J connectivity index is 2.77. The molecule has 1 rings (SSSR count). The fourth-order valence-electron chi connectivity index (χ4n) is 0.853. The van der Waals surface area contributed by atoms with Gasteiger partial charge < -0.3 is 9.47 Å². The van der Waals surface area contributed by atoms with E-state index in [2.05, 4.69) is 0 Å². The highest BCUT2D eigenvalue weighted by molar-refractivity contribution is 6.17. The lowest BCUT2D eigenvalue weighted by Crippen LogP contribution is -1.93. The van der Waals surface area contributed by atoms with Gasteiger partial charge in [0.15, 0.2) is 17.6 Å². The van der Waals surface area contributed by atoms with Crippen LogP contribution in [0.3, 0.4) is 0 Å². The number of rotatable bonds is 4. The predicted molar refractivity (Wildman–Crippen MR) is 48.4 cm³/mol. The van der Waals surface area contributed by atoms with Gasteiger partial charge in [0, 0.05) is 0 Å². The topological polar surface area (TPSA) is 18.5 Å². The monoisotopic (exact) mass is 185 g/mol. The van der Waals surface area contributed by atoms with Crippen LogP contribution >= 0.6 is 11.6 Å². The molecule has 0 N–H and O–H groups in total. The standard InChI is InChI=1S/C9H10ClO2/c1-2-11-8-5-3-4-6-9(8)12-7-10/h2-6H,7H2,1H3. The summed E-state index contributed by atoms with van der Waals surface area (Å²) in [7, 11) is 0. The molecule has 0 bridgehead atoms. The molecule has 3 heteroatoms. The van der Waals surface area contributed by atoms with Gasteiger partial charge in [0.05, 0.1) is 0 Å². The highest BCUT2D eigenvalue weighted by Gasteiger charge is 2.01. The van der Waals surface area contributed by atoms with E-state index in [0.29, 0.717) is 11.5 Å². The average molecular weight is 186 g/mol. The van der Waals surface area contributed by atoms with E-state index < -0.39 is 0 Å². The summed E-state index contributed by atoms with van der Waals surface area (Å²) in [6.07, 6.45) is 0. The van der Waals surface area contributed by atoms with Gasteiger partial charge in [-0.1, -0.05) is 23.7 Å². The molecule has 0 unspecified atom stereocenters. The van der Waals surface area contributed by atoms with Crippen LogP contribution in [-0.2, 0) is 0 Å². The summed E-state index contributed by atoms with van der Waals surface area (Å²) in [5.74, 6) is 1.34. The van der Waals surface area contributed by atoms with Crippen LogP contribution < -0.4 is 9.47 Å². The Morgan fingerprint density at radius 3 is 2.58 bits per heavy atom. The summed E-state index contributed by atoms with van der Waals surface area (Å²) in [5.41, 5.74) is 0. The van der Waals surface area contributed by atoms with Crippen LogP contribution in [0.1, 0.15) is 6.92 Å². The SMILES string of the molecule is C[CH]Oc1ccccc1OCCl. The largest absolute Gasteiger partial charge is 0.483 e. The minimum atomic E-state index is 0.129. The van der Waals surface area contributed by atoms with Crippen molar-refractivity contribution in [2.45, 2.75) is 6.92 Å². The predicted octanol–water partition coefficient (Wildman–Crippen LogP) is 2.82. The molecule has 1 radical (unpaired) electrons. The number of ether oxygens (including phenoxy) is 2. The van der Waals surface area contributed by atoms with Crippen molar-refractivity contribution in [3.63, 3.8) is 0 Å². The second kappa shape index (κ2) is 4.88. The Labute approximate surface area is 77.1 Å². The maximum atomic E-state index is 5.42. The molecule has 1 aromatic carbocycles. The van der Waals surface area contributed by atoms with E-state index in [1.807, 2.05) is 18.2 Å². The Hall–Kier alpha value is -0.890. The van der Waals surface area contributed by atoms with Crippen LogP contribution in [0.25, 0.3) is 0 Å². The number of benzene rings is 1. The van der Waals surface area contributed by atoms with E-state index in [0.717, 1.165) is 0 Å². The average Bonchev–Trinajstić information content (AvgIpc) is 2.09. The molecule has 0 fully saturated rings. The molecule has 0 spiro atoms. The van der Waals surface area contributed by atoms with Crippen molar-refractivity contribution >= 4 is 11.6 Å². The van der Waals surface area contributed by atoms with Gasteiger partial charge in [-0.05, 0) is 19.1 Å². The molecule has 0 amide bonds. The molecule has 0 aliphatic heterocycles. The van der Waals surface area contributed by atoms with E-state index in [9.17, 15) is 0 Å². The van der Waals surface area contributed by atoms with Crippen molar-refractivity contribution in [2.24, 2.45) is 0 Å². The van der Waals surface area contributed by atoms with Crippen molar-refractivity contribution in [1.82, 2.24) is 0 Å². The van der Waals surface area contributed by atoms with E-state index in [-0.39, 0.29) is 6.07 Å². The fraction of sp³-hybridized carbons (Fsp3) is 0.222. The fourth-order valence-corrected chi connectivity index (χ4v) is 0.970. The minimum absolute atomic E-state index is 0.129. The lowest BCUT2D eigenvalue weighted by molar-refractivity contribution is 0.342. The quantitative estimate of drug-likeness (QED) is 0.672. The number of alkyl halides is 1. The first-order valence-corrected chi connectivity index (χ1v) is 4.14. The van der Waals surface area contributed by atoms with E-state index in [1.165, 1.54) is 0 Å². The summed E-state index contributed by atoms with van der Waals surface area (Å²) < 4.78 is 10.3. The van der Waals surface area contributed by atoms with E-state index >= 15 is 0 Å². The molecule has 1 aromatic rings. The second-order valence-electron chi connectivity index (χ2n) is 2.05. The molecule has 65 valence electrons. The molecule has 0 saturated heterocycles. The van der Waals surface area contributed by atoms with Gasteiger partial charge in [-0.2, -0.15) is 0 Å². The third-order valence-electron chi connectivity index (χ3n) is 1.30. The molecule has 2 nitrogen and oxygen atoms in total. The first-order valence-electron chi connectivity index (χ1n) is 3.60. The third kappa shape index (κ3) is 2.31. The number of hydrogen-bond acceptors (Lipinski definition) is 2. The van der Waals surface area contributed by atoms with Gasteiger partial charge in [-0.3, -0.25) is 0 Å². The summed E-state index contributed by atoms with van der Waals surface area (Å²) in [4.78, 5) is 0. The lowest BCUT2D eigenvalue weighted by Gasteiger charge is -2.08. The zero-order valence-electron chi connectivity index (χ0n) is 6.79. The first-order chi connectivity index (χ1) is 5.88. The Bertz CT molecular complexity index is 213. The number of hydrogen-bond donors (Lipinski definition) is 0. The van der Waals surface area contributed by atoms with Crippen molar-refractivity contribution in [3.05, 3.63) is 30.9 Å².